The average Bonchev–Trinajstić information content (AvgIpc) is 3.16. The third-order valence-electron chi connectivity index (χ3n) is 4.01. The number of hydrogen-bond donors (Lipinski definition) is 2. The zero-order valence-corrected chi connectivity index (χ0v) is 16.4. The molecule has 3 rings (SSSR count). The molecule has 0 radical (unpaired) electrons. The van der Waals surface area contributed by atoms with Crippen LogP contribution in [0.1, 0.15) is 35.9 Å². The first-order chi connectivity index (χ1) is 13.4. The van der Waals surface area contributed by atoms with Crippen molar-refractivity contribution in [3.05, 3.63) is 77.1 Å². The van der Waals surface area contributed by atoms with Crippen molar-refractivity contribution in [2.75, 3.05) is 6.54 Å². The van der Waals surface area contributed by atoms with Crippen LogP contribution in [-0.4, -0.2) is 33.4 Å². The van der Waals surface area contributed by atoms with E-state index in [9.17, 15) is 9.90 Å². The van der Waals surface area contributed by atoms with Crippen molar-refractivity contribution in [1.82, 2.24) is 15.1 Å². The van der Waals surface area contributed by atoms with E-state index in [1.165, 1.54) is 6.20 Å². The minimum atomic E-state index is -0.849. The topological polar surface area (TPSA) is 76.4 Å². The normalized spacial score (nSPS) is 12.0. The van der Waals surface area contributed by atoms with Gasteiger partial charge in [-0.05, 0) is 43.7 Å². The van der Waals surface area contributed by atoms with Gasteiger partial charge in [-0.1, -0.05) is 35.9 Å². The second kappa shape index (κ2) is 8.91. The highest BCUT2D eigenvalue weighted by Gasteiger charge is 2.14. The fourth-order valence-corrected chi connectivity index (χ4v) is 2.91. The zero-order chi connectivity index (χ0) is 20.1. The summed E-state index contributed by atoms with van der Waals surface area (Å²) in [5, 5.41) is 17.8. The minimum Gasteiger partial charge on any atom is -0.491 e. The number of carbonyl (C=O) groups excluding carboxylic acids is 1. The summed E-state index contributed by atoms with van der Waals surface area (Å²) in [4.78, 5) is 12.4. The molecule has 1 unspecified atom stereocenters. The third-order valence-corrected chi connectivity index (χ3v) is 4.33. The lowest BCUT2D eigenvalue weighted by Gasteiger charge is -2.15. The molecule has 1 amide bonds. The Labute approximate surface area is 168 Å². The van der Waals surface area contributed by atoms with Crippen LogP contribution >= 0.6 is 11.6 Å². The number of nitrogens with zero attached hydrogens (tertiary/aromatic N) is 2. The average molecular weight is 400 g/mol. The number of benzene rings is 2. The standard InChI is InChI=1S/C21H22ClN3O3/c1-14(2)28-17-7-5-6-15(10-17)20(26)12-23-21(27)16-11-24-25(13-16)19-9-4-3-8-18(19)22/h3-11,13-14,20,26H,12H2,1-2H3,(H,23,27). The predicted octanol–water partition coefficient (Wildman–Crippen LogP) is 3.78. The van der Waals surface area contributed by atoms with Crippen LogP contribution in [-0.2, 0) is 0 Å². The smallest absolute Gasteiger partial charge is 0.254 e. The quantitative estimate of drug-likeness (QED) is 0.634. The summed E-state index contributed by atoms with van der Waals surface area (Å²) in [5.41, 5.74) is 1.74. The fraction of sp³-hybridized carbons (Fsp3) is 0.238. The molecule has 7 heteroatoms. The van der Waals surface area contributed by atoms with Crippen molar-refractivity contribution in [1.29, 1.82) is 0 Å². The lowest BCUT2D eigenvalue weighted by molar-refractivity contribution is 0.0916. The van der Waals surface area contributed by atoms with E-state index < -0.39 is 6.10 Å². The van der Waals surface area contributed by atoms with E-state index in [2.05, 4.69) is 10.4 Å². The van der Waals surface area contributed by atoms with Gasteiger partial charge in [-0.25, -0.2) is 4.68 Å². The van der Waals surface area contributed by atoms with E-state index in [0.717, 1.165) is 0 Å². The Bertz CT molecular complexity index is 955. The fourth-order valence-electron chi connectivity index (χ4n) is 2.69. The highest BCUT2D eigenvalue weighted by molar-refractivity contribution is 6.32. The van der Waals surface area contributed by atoms with Gasteiger partial charge in [-0.3, -0.25) is 4.79 Å². The molecule has 1 atom stereocenters. The van der Waals surface area contributed by atoms with E-state index in [1.54, 1.807) is 29.1 Å². The minimum absolute atomic E-state index is 0.0433. The van der Waals surface area contributed by atoms with Crippen LogP contribution in [0.4, 0.5) is 0 Å². The van der Waals surface area contributed by atoms with Gasteiger partial charge in [0.15, 0.2) is 0 Å². The van der Waals surface area contributed by atoms with Gasteiger partial charge >= 0.3 is 0 Å². The van der Waals surface area contributed by atoms with Gasteiger partial charge in [0, 0.05) is 12.7 Å². The summed E-state index contributed by atoms with van der Waals surface area (Å²) in [7, 11) is 0. The van der Waals surface area contributed by atoms with Crippen molar-refractivity contribution in [3.63, 3.8) is 0 Å². The largest absolute Gasteiger partial charge is 0.491 e. The zero-order valence-electron chi connectivity index (χ0n) is 15.7. The highest BCUT2D eigenvalue weighted by Crippen LogP contribution is 2.21. The molecule has 2 aromatic carbocycles. The number of para-hydroxylation sites is 1. The summed E-state index contributed by atoms with van der Waals surface area (Å²) in [6, 6.07) is 14.4. The number of ether oxygens (including phenoxy) is 1. The van der Waals surface area contributed by atoms with Crippen LogP contribution in [0, 0.1) is 0 Å². The van der Waals surface area contributed by atoms with Crippen molar-refractivity contribution in [2.24, 2.45) is 0 Å². The second-order valence-electron chi connectivity index (χ2n) is 6.59. The van der Waals surface area contributed by atoms with Crippen molar-refractivity contribution in [2.45, 2.75) is 26.1 Å². The van der Waals surface area contributed by atoms with Gasteiger partial charge in [-0.15, -0.1) is 0 Å². The summed E-state index contributed by atoms with van der Waals surface area (Å²) >= 11 is 6.16. The SMILES string of the molecule is CC(C)Oc1cccc(C(O)CNC(=O)c2cnn(-c3ccccc3Cl)c2)c1. The molecular weight excluding hydrogens is 378 g/mol. The molecule has 28 heavy (non-hydrogen) atoms. The van der Waals surface area contributed by atoms with Crippen molar-refractivity contribution < 1.29 is 14.6 Å². The van der Waals surface area contributed by atoms with E-state index >= 15 is 0 Å². The number of aliphatic hydroxyl groups is 1. The molecule has 6 nitrogen and oxygen atoms in total. The molecule has 0 saturated carbocycles. The maximum absolute atomic E-state index is 12.4. The first kappa shape index (κ1) is 19.9. The summed E-state index contributed by atoms with van der Waals surface area (Å²) in [5.74, 6) is 0.353. The number of rotatable bonds is 7. The Hall–Kier alpha value is -2.83. The van der Waals surface area contributed by atoms with Crippen LogP contribution in [0.5, 0.6) is 5.75 Å². The number of aliphatic hydroxyl groups excluding tert-OH is 1. The monoisotopic (exact) mass is 399 g/mol. The summed E-state index contributed by atoms with van der Waals surface area (Å²) < 4.78 is 7.18. The maximum atomic E-state index is 12.4. The van der Waals surface area contributed by atoms with Crippen LogP contribution in [0.3, 0.4) is 0 Å². The molecule has 0 bridgehead atoms. The van der Waals surface area contributed by atoms with Crippen molar-refractivity contribution in [3.8, 4) is 11.4 Å². The molecule has 2 N–H and O–H groups in total. The van der Waals surface area contributed by atoms with Crippen LogP contribution in [0.2, 0.25) is 5.02 Å². The molecule has 146 valence electrons. The number of carbonyl (C=O) groups is 1. The van der Waals surface area contributed by atoms with Crippen LogP contribution in [0.25, 0.3) is 5.69 Å². The summed E-state index contributed by atoms with van der Waals surface area (Å²) in [6.07, 6.45) is 2.25. The van der Waals surface area contributed by atoms with E-state index in [-0.39, 0.29) is 18.6 Å². The Morgan fingerprint density at radius 3 is 2.79 bits per heavy atom. The first-order valence-corrected chi connectivity index (χ1v) is 9.34. The molecule has 1 heterocycles. The Morgan fingerprint density at radius 2 is 2.04 bits per heavy atom. The predicted molar refractivity (Wildman–Crippen MR) is 108 cm³/mol. The molecule has 0 aliphatic heterocycles. The first-order valence-electron chi connectivity index (χ1n) is 8.96. The molecule has 0 aliphatic rings. The van der Waals surface area contributed by atoms with Crippen LogP contribution in [0.15, 0.2) is 60.9 Å². The second-order valence-corrected chi connectivity index (χ2v) is 7.00. The molecular formula is C21H22ClN3O3. The maximum Gasteiger partial charge on any atom is 0.254 e. The number of amides is 1. The number of hydrogen-bond acceptors (Lipinski definition) is 4. The van der Waals surface area contributed by atoms with Gasteiger partial charge in [0.05, 0.1) is 34.7 Å². The number of halogens is 1. The van der Waals surface area contributed by atoms with Gasteiger partial charge in [0.1, 0.15) is 5.75 Å². The molecule has 0 aliphatic carbocycles. The van der Waals surface area contributed by atoms with E-state index in [1.807, 2.05) is 44.2 Å². The third kappa shape index (κ3) is 4.91. The summed E-state index contributed by atoms with van der Waals surface area (Å²) in [6.45, 7) is 3.94. The Kier molecular flexibility index (Phi) is 6.34. The van der Waals surface area contributed by atoms with Gasteiger partial charge in [0.2, 0.25) is 0 Å². The molecule has 0 spiro atoms. The Balaban J connectivity index is 1.62. The van der Waals surface area contributed by atoms with Gasteiger partial charge in [0.25, 0.3) is 5.91 Å². The number of aromatic nitrogens is 2. The molecule has 0 fully saturated rings. The molecule has 1 aromatic heterocycles. The lowest BCUT2D eigenvalue weighted by atomic mass is 10.1. The van der Waals surface area contributed by atoms with Gasteiger partial charge in [-0.2, -0.15) is 5.10 Å². The van der Waals surface area contributed by atoms with Crippen LogP contribution < -0.4 is 10.1 Å². The van der Waals surface area contributed by atoms with E-state index in [4.69, 9.17) is 16.3 Å². The lowest BCUT2D eigenvalue weighted by Crippen LogP contribution is -2.28. The Morgan fingerprint density at radius 1 is 1.25 bits per heavy atom. The van der Waals surface area contributed by atoms with Gasteiger partial charge < -0.3 is 15.2 Å². The van der Waals surface area contributed by atoms with Crippen molar-refractivity contribution >= 4 is 17.5 Å². The van der Waals surface area contributed by atoms with E-state index in [0.29, 0.717) is 27.6 Å². The molecule has 3 aromatic rings. The molecule has 0 saturated heterocycles. The highest BCUT2D eigenvalue weighted by atomic mass is 35.5. The number of nitrogens with one attached hydrogen (secondary N) is 1.